The van der Waals surface area contributed by atoms with Crippen LogP contribution in [-0.2, 0) is 4.79 Å². The molecular formula is C34H52N4OS. The molecule has 4 aliphatic rings. The Labute approximate surface area is 247 Å². The van der Waals surface area contributed by atoms with Crippen LogP contribution in [0.1, 0.15) is 119 Å². The molecule has 2 saturated carbocycles. The van der Waals surface area contributed by atoms with E-state index in [-0.39, 0.29) is 12.0 Å². The molecule has 1 aromatic heterocycles. The van der Waals surface area contributed by atoms with Crippen molar-refractivity contribution in [2.75, 3.05) is 6.54 Å². The van der Waals surface area contributed by atoms with Gasteiger partial charge in [-0.25, -0.2) is 0 Å². The highest BCUT2D eigenvalue weighted by atomic mass is 32.1. The number of amides is 1. The van der Waals surface area contributed by atoms with Crippen molar-refractivity contribution in [1.82, 2.24) is 10.2 Å². The molecule has 2 aliphatic heterocycles. The molecule has 4 unspecified atom stereocenters. The third kappa shape index (κ3) is 6.04. The third-order valence-corrected chi connectivity index (χ3v) is 12.1. The highest BCUT2D eigenvalue weighted by Gasteiger charge is 2.52. The minimum absolute atomic E-state index is 0.123. The number of fused-ring (bicyclic) bond motifs is 1. The lowest BCUT2D eigenvalue weighted by Gasteiger charge is -2.53. The zero-order valence-corrected chi connectivity index (χ0v) is 26.9. The van der Waals surface area contributed by atoms with Crippen LogP contribution in [0.15, 0.2) is 21.9 Å². The standard InChI is InChI=1S/C34H52N4OS/c1-8-31-28-17-25(16-27-19-30(20(2)3)37-36-23(27)6)18-32(28)38(31)15-14-29(33-22(5)21(4)24(7)40-33)35-34(39)26-12-10-9-11-13-26/h16,20,25-26,28-29,31-32H,8-15,17-19H2,1-7H3,(H,35,39)/b27-16-/t25?,28?,29-,31?,32?/m0/s1. The number of nitrogens with one attached hydrogen (secondary N) is 1. The number of aryl methyl sites for hydroxylation is 1. The number of hydrogen-bond acceptors (Lipinski definition) is 5. The van der Waals surface area contributed by atoms with Crippen LogP contribution in [-0.4, -0.2) is 40.9 Å². The van der Waals surface area contributed by atoms with Crippen LogP contribution >= 0.6 is 11.3 Å². The third-order valence-electron chi connectivity index (χ3n) is 10.7. The van der Waals surface area contributed by atoms with Gasteiger partial charge in [0.05, 0.1) is 11.8 Å². The highest BCUT2D eigenvalue weighted by molar-refractivity contribution is 7.12. The normalized spacial score (nSPS) is 29.2. The van der Waals surface area contributed by atoms with E-state index in [4.69, 9.17) is 0 Å². The van der Waals surface area contributed by atoms with Crippen LogP contribution < -0.4 is 5.32 Å². The Hall–Kier alpha value is -1.79. The molecule has 1 amide bonds. The van der Waals surface area contributed by atoms with Gasteiger partial charge in [-0.15, -0.1) is 11.3 Å². The first kappa shape index (κ1) is 29.7. The van der Waals surface area contributed by atoms with Gasteiger partial charge in [0.15, 0.2) is 0 Å². The van der Waals surface area contributed by atoms with Crippen molar-refractivity contribution in [2.45, 2.75) is 131 Å². The summed E-state index contributed by atoms with van der Waals surface area (Å²) in [5.74, 6) is 2.38. The number of allylic oxidation sites excluding steroid dienone is 2. The fourth-order valence-electron chi connectivity index (χ4n) is 7.92. The van der Waals surface area contributed by atoms with Gasteiger partial charge in [0.1, 0.15) is 0 Å². The molecule has 0 aromatic carbocycles. The molecule has 6 heteroatoms. The van der Waals surface area contributed by atoms with Gasteiger partial charge in [-0.05, 0) is 101 Å². The summed E-state index contributed by atoms with van der Waals surface area (Å²) in [5, 5.41) is 12.5. The quantitative estimate of drug-likeness (QED) is 0.329. The van der Waals surface area contributed by atoms with E-state index in [1.54, 1.807) is 0 Å². The number of nitrogens with zero attached hydrogens (tertiary/aromatic N) is 3. The largest absolute Gasteiger partial charge is 0.348 e. The zero-order valence-electron chi connectivity index (χ0n) is 26.1. The number of carbonyl (C=O) groups is 1. The summed E-state index contributed by atoms with van der Waals surface area (Å²) in [6.45, 7) is 16.7. The van der Waals surface area contributed by atoms with E-state index in [1.165, 1.54) is 70.7 Å². The predicted molar refractivity (Wildman–Crippen MR) is 169 cm³/mol. The van der Waals surface area contributed by atoms with E-state index in [1.807, 2.05) is 11.3 Å². The van der Waals surface area contributed by atoms with E-state index >= 15 is 0 Å². The van der Waals surface area contributed by atoms with Crippen molar-refractivity contribution in [3.63, 3.8) is 0 Å². The fraction of sp³-hybridized carbons (Fsp3) is 0.735. The molecule has 1 aromatic rings. The SMILES string of the molecule is CCC1C2CC(/C=C3/CC(C(C)C)=NN=C3C)CC2N1CC[C@H](NC(=O)C1CCCCC1)c1sc(C)c(C)c1C. The molecule has 1 saturated heterocycles. The molecule has 3 heterocycles. The lowest BCUT2D eigenvalue weighted by molar-refractivity contribution is -0.126. The van der Waals surface area contributed by atoms with Gasteiger partial charge < -0.3 is 5.32 Å². The molecular weight excluding hydrogens is 512 g/mol. The first-order valence-corrected chi connectivity index (χ1v) is 16.9. The first-order chi connectivity index (χ1) is 19.2. The Morgan fingerprint density at radius 2 is 1.82 bits per heavy atom. The summed E-state index contributed by atoms with van der Waals surface area (Å²) < 4.78 is 0. The van der Waals surface area contributed by atoms with Crippen molar-refractivity contribution >= 4 is 28.7 Å². The maximum atomic E-state index is 13.4. The van der Waals surface area contributed by atoms with E-state index in [9.17, 15) is 4.79 Å². The van der Waals surface area contributed by atoms with Crippen LogP contribution in [0.2, 0.25) is 0 Å². The van der Waals surface area contributed by atoms with E-state index < -0.39 is 0 Å². The zero-order chi connectivity index (χ0) is 28.6. The van der Waals surface area contributed by atoms with Gasteiger partial charge in [0, 0.05) is 46.4 Å². The maximum absolute atomic E-state index is 13.4. The molecule has 5 nitrogen and oxygen atoms in total. The lowest BCUT2D eigenvalue weighted by Crippen LogP contribution is -2.61. The van der Waals surface area contributed by atoms with Gasteiger partial charge in [-0.2, -0.15) is 10.2 Å². The van der Waals surface area contributed by atoms with Crippen LogP contribution in [0.4, 0.5) is 0 Å². The monoisotopic (exact) mass is 564 g/mol. The van der Waals surface area contributed by atoms with Crippen molar-refractivity contribution < 1.29 is 4.79 Å². The minimum Gasteiger partial charge on any atom is -0.348 e. The van der Waals surface area contributed by atoms with Crippen LogP contribution in [0, 0.1) is 44.4 Å². The molecule has 1 N–H and O–H groups in total. The number of thiophene rings is 1. The van der Waals surface area contributed by atoms with Crippen LogP contribution in [0.3, 0.4) is 0 Å². The van der Waals surface area contributed by atoms with Crippen LogP contribution in [0.25, 0.3) is 0 Å². The minimum atomic E-state index is 0.123. The summed E-state index contributed by atoms with van der Waals surface area (Å²) >= 11 is 1.90. The molecule has 0 spiro atoms. The van der Waals surface area contributed by atoms with Crippen molar-refractivity contribution in [1.29, 1.82) is 0 Å². The Morgan fingerprint density at radius 3 is 2.48 bits per heavy atom. The van der Waals surface area contributed by atoms with Crippen molar-refractivity contribution in [2.24, 2.45) is 33.9 Å². The summed E-state index contributed by atoms with van der Waals surface area (Å²) in [6, 6.07) is 1.47. The van der Waals surface area contributed by atoms with Gasteiger partial charge >= 0.3 is 0 Å². The van der Waals surface area contributed by atoms with Crippen LogP contribution in [0.5, 0.6) is 0 Å². The Morgan fingerprint density at radius 1 is 1.07 bits per heavy atom. The molecule has 2 aliphatic carbocycles. The van der Waals surface area contributed by atoms with Gasteiger partial charge in [-0.1, -0.05) is 46.1 Å². The molecule has 0 bridgehead atoms. The Kier molecular flexibility index (Phi) is 9.36. The molecule has 3 fully saturated rings. The molecule has 5 atom stereocenters. The second-order valence-electron chi connectivity index (χ2n) is 13.4. The number of hydrogen-bond donors (Lipinski definition) is 1. The van der Waals surface area contributed by atoms with E-state index in [0.29, 0.717) is 29.8 Å². The number of likely N-dealkylation sites (tertiary alicyclic amines) is 1. The smallest absolute Gasteiger partial charge is 0.223 e. The first-order valence-electron chi connectivity index (χ1n) is 16.1. The second kappa shape index (κ2) is 12.6. The Bertz CT molecular complexity index is 1170. The average molecular weight is 565 g/mol. The van der Waals surface area contributed by atoms with E-state index in [0.717, 1.165) is 43.9 Å². The highest BCUT2D eigenvalue weighted by Crippen LogP contribution is 2.49. The van der Waals surface area contributed by atoms with Gasteiger partial charge in [-0.3, -0.25) is 9.69 Å². The molecule has 220 valence electrons. The number of carbonyl (C=O) groups excluding carboxylic acids is 1. The lowest BCUT2D eigenvalue weighted by atomic mass is 9.80. The summed E-state index contributed by atoms with van der Waals surface area (Å²) in [6.07, 6.45) is 14.1. The topological polar surface area (TPSA) is 57.1 Å². The Balaban J connectivity index is 1.27. The molecule has 40 heavy (non-hydrogen) atoms. The summed E-state index contributed by atoms with van der Waals surface area (Å²) in [5.41, 5.74) is 6.48. The fourth-order valence-corrected chi connectivity index (χ4v) is 9.19. The molecule has 5 rings (SSSR count). The summed E-state index contributed by atoms with van der Waals surface area (Å²) in [7, 11) is 0. The van der Waals surface area contributed by atoms with Gasteiger partial charge in [0.2, 0.25) is 5.91 Å². The average Bonchev–Trinajstić information content (AvgIpc) is 3.42. The maximum Gasteiger partial charge on any atom is 0.223 e. The second-order valence-corrected chi connectivity index (χ2v) is 14.7. The van der Waals surface area contributed by atoms with E-state index in [2.05, 4.69) is 75.0 Å². The summed E-state index contributed by atoms with van der Waals surface area (Å²) in [4.78, 5) is 19.0. The van der Waals surface area contributed by atoms with Gasteiger partial charge in [0.25, 0.3) is 0 Å². The van der Waals surface area contributed by atoms with Crippen molar-refractivity contribution in [3.8, 4) is 0 Å². The molecule has 0 radical (unpaired) electrons. The predicted octanol–water partition coefficient (Wildman–Crippen LogP) is 8.09. The number of rotatable bonds is 9. The van der Waals surface area contributed by atoms with Crippen molar-refractivity contribution in [3.05, 3.63) is 32.5 Å².